The van der Waals surface area contributed by atoms with Crippen LogP contribution in [0.3, 0.4) is 0 Å². The second-order valence-electron chi connectivity index (χ2n) is 4.62. The zero-order chi connectivity index (χ0) is 16.1. The van der Waals surface area contributed by atoms with Crippen LogP contribution in [0, 0.1) is 0 Å². The van der Waals surface area contributed by atoms with Crippen LogP contribution in [0.2, 0.25) is 0 Å². The molecule has 0 unspecified atom stereocenters. The van der Waals surface area contributed by atoms with Gasteiger partial charge in [-0.3, -0.25) is 9.59 Å². The second kappa shape index (κ2) is 6.90. The molecule has 0 aliphatic carbocycles. The van der Waals surface area contributed by atoms with Crippen molar-refractivity contribution in [2.24, 2.45) is 0 Å². The molecule has 0 radical (unpaired) electrons. The van der Waals surface area contributed by atoms with Gasteiger partial charge in [0, 0.05) is 0 Å². The number of esters is 1. The van der Waals surface area contributed by atoms with Gasteiger partial charge in [0.15, 0.2) is 12.1 Å². The van der Waals surface area contributed by atoms with Crippen molar-refractivity contribution in [1.29, 1.82) is 0 Å². The van der Waals surface area contributed by atoms with E-state index in [0.717, 1.165) is 7.11 Å². The molecule has 3 N–H and O–H groups in total. The van der Waals surface area contributed by atoms with Crippen LogP contribution in [-0.4, -0.2) is 48.8 Å². The van der Waals surface area contributed by atoms with E-state index in [0.29, 0.717) is 11.4 Å². The molecule has 1 aliphatic heterocycles. The minimum atomic E-state index is -1.17. The molecule has 8 nitrogen and oxygen atoms in total. The van der Waals surface area contributed by atoms with Gasteiger partial charge in [0.25, 0.3) is 5.91 Å². The van der Waals surface area contributed by atoms with Gasteiger partial charge in [-0.05, 0) is 12.1 Å². The van der Waals surface area contributed by atoms with E-state index >= 15 is 0 Å². The van der Waals surface area contributed by atoms with Crippen LogP contribution in [0.25, 0.3) is 0 Å². The maximum atomic E-state index is 11.9. The van der Waals surface area contributed by atoms with Gasteiger partial charge in [-0.1, -0.05) is 12.1 Å². The smallest absolute Gasteiger partial charge is 0.330 e. The fourth-order valence-electron chi connectivity index (χ4n) is 1.97. The summed E-state index contributed by atoms with van der Waals surface area (Å²) in [7, 11) is 1.14. The van der Waals surface area contributed by atoms with Gasteiger partial charge in [-0.25, -0.2) is 4.79 Å². The Balaban J connectivity index is 1.97. The number of nitrogens with one attached hydrogen (secondary N) is 2. The van der Waals surface area contributed by atoms with Crippen molar-refractivity contribution >= 4 is 23.5 Å². The minimum Gasteiger partial charge on any atom is -0.478 e. The Hall–Kier alpha value is -2.61. The number of amides is 2. The lowest BCUT2D eigenvalue weighted by atomic mass is 10.1. The van der Waals surface area contributed by atoms with Gasteiger partial charge in [-0.2, -0.15) is 0 Å². The van der Waals surface area contributed by atoms with Crippen molar-refractivity contribution in [1.82, 2.24) is 5.32 Å². The van der Waals surface area contributed by atoms with E-state index in [-0.39, 0.29) is 6.42 Å². The topological polar surface area (TPSA) is 114 Å². The molecule has 0 saturated heterocycles. The van der Waals surface area contributed by atoms with Crippen molar-refractivity contribution in [3.63, 3.8) is 0 Å². The molecule has 118 valence electrons. The maximum absolute atomic E-state index is 11.9. The molecule has 0 aromatic heterocycles. The highest BCUT2D eigenvalue weighted by Gasteiger charge is 2.31. The lowest BCUT2D eigenvalue weighted by molar-refractivity contribution is -0.146. The summed E-state index contributed by atoms with van der Waals surface area (Å²) in [5.74, 6) is -1.36. The van der Waals surface area contributed by atoms with E-state index in [9.17, 15) is 14.4 Å². The molecule has 0 saturated carbocycles. The van der Waals surface area contributed by atoms with E-state index in [1.54, 1.807) is 24.3 Å². The Morgan fingerprint density at radius 3 is 2.86 bits per heavy atom. The molecule has 0 spiro atoms. The van der Waals surface area contributed by atoms with E-state index in [4.69, 9.17) is 9.84 Å². The minimum absolute atomic E-state index is 0.284. The summed E-state index contributed by atoms with van der Waals surface area (Å²) in [6.45, 7) is -0.598. The number of anilines is 1. The average Bonchev–Trinajstić information content (AvgIpc) is 2.52. The summed E-state index contributed by atoms with van der Waals surface area (Å²) in [4.78, 5) is 35.0. The summed E-state index contributed by atoms with van der Waals surface area (Å²) in [6.07, 6.45) is -1.29. The number of aliphatic hydroxyl groups is 1. The summed E-state index contributed by atoms with van der Waals surface area (Å²) in [5, 5.41) is 14.0. The van der Waals surface area contributed by atoms with Crippen LogP contribution in [0.5, 0.6) is 5.75 Å². The first-order valence-corrected chi connectivity index (χ1v) is 6.59. The van der Waals surface area contributed by atoms with E-state index in [1.165, 1.54) is 0 Å². The molecular formula is C14H16N2O6. The zero-order valence-electron chi connectivity index (χ0n) is 11.9. The third-order valence-corrected chi connectivity index (χ3v) is 3.08. The highest BCUT2D eigenvalue weighted by molar-refractivity contribution is 6.00. The first-order chi connectivity index (χ1) is 10.5. The van der Waals surface area contributed by atoms with Gasteiger partial charge in [0.1, 0.15) is 5.75 Å². The first-order valence-electron chi connectivity index (χ1n) is 6.59. The number of fused-ring (bicyclic) bond motifs is 1. The Morgan fingerprint density at radius 1 is 1.45 bits per heavy atom. The monoisotopic (exact) mass is 308 g/mol. The van der Waals surface area contributed by atoms with Crippen molar-refractivity contribution in [2.75, 3.05) is 19.0 Å². The summed E-state index contributed by atoms with van der Waals surface area (Å²) in [6, 6.07) is 5.67. The number of rotatable bonds is 5. The molecule has 2 rings (SSSR count). The predicted molar refractivity (Wildman–Crippen MR) is 75.1 cm³/mol. The van der Waals surface area contributed by atoms with Crippen molar-refractivity contribution in [3.05, 3.63) is 24.3 Å². The zero-order valence-corrected chi connectivity index (χ0v) is 11.9. The Labute approximate surface area is 126 Å². The molecule has 8 heteroatoms. The second-order valence-corrected chi connectivity index (χ2v) is 4.62. The maximum Gasteiger partial charge on any atom is 0.330 e. The fourth-order valence-corrected chi connectivity index (χ4v) is 1.97. The molecule has 1 heterocycles. The summed E-state index contributed by atoms with van der Waals surface area (Å²) in [5.41, 5.74) is 0.534. The molecule has 22 heavy (non-hydrogen) atoms. The number of methoxy groups -OCH3 is 1. The molecule has 0 fully saturated rings. The third kappa shape index (κ3) is 3.53. The number of carbonyl (C=O) groups excluding carboxylic acids is 3. The predicted octanol–water partition coefficient (Wildman–Crippen LogP) is -0.574. The van der Waals surface area contributed by atoms with Crippen LogP contribution in [0.1, 0.15) is 6.42 Å². The van der Waals surface area contributed by atoms with Crippen molar-refractivity contribution in [3.8, 4) is 5.75 Å². The lowest BCUT2D eigenvalue weighted by Crippen LogP contribution is -2.47. The van der Waals surface area contributed by atoms with E-state index in [2.05, 4.69) is 15.4 Å². The average molecular weight is 308 g/mol. The normalized spacial score (nSPS) is 17.5. The summed E-state index contributed by atoms with van der Waals surface area (Å²) >= 11 is 0. The SMILES string of the molecule is COC(=O)[C@H](CO)NC(=O)C[C@@H]1Oc2ccccc2NC1=O. The Morgan fingerprint density at radius 2 is 2.18 bits per heavy atom. The summed E-state index contributed by atoms with van der Waals surface area (Å²) < 4.78 is 9.90. The third-order valence-electron chi connectivity index (χ3n) is 3.08. The molecule has 1 aliphatic rings. The van der Waals surface area contributed by atoms with Gasteiger partial charge < -0.3 is 25.2 Å². The number of hydrogen-bond donors (Lipinski definition) is 3. The van der Waals surface area contributed by atoms with Crippen LogP contribution in [0.4, 0.5) is 5.69 Å². The number of carbonyl (C=O) groups is 3. The quantitative estimate of drug-likeness (QED) is 0.628. The standard InChI is InChI=1S/C14H16N2O6/c1-21-14(20)9(7-17)15-12(18)6-11-13(19)16-8-4-2-3-5-10(8)22-11/h2-5,9,11,17H,6-7H2,1H3,(H,15,18)(H,16,19)/t9-,11-/m0/s1. The van der Waals surface area contributed by atoms with E-state index in [1.807, 2.05) is 0 Å². The molecule has 0 bridgehead atoms. The Kier molecular flexibility index (Phi) is 4.95. The highest BCUT2D eigenvalue weighted by atomic mass is 16.5. The fraction of sp³-hybridized carbons (Fsp3) is 0.357. The van der Waals surface area contributed by atoms with Gasteiger partial charge in [0.2, 0.25) is 5.91 Å². The van der Waals surface area contributed by atoms with Crippen LogP contribution in [0.15, 0.2) is 24.3 Å². The Bertz CT molecular complexity index is 588. The number of para-hydroxylation sites is 2. The molecule has 2 atom stereocenters. The molecule has 1 aromatic rings. The van der Waals surface area contributed by atoms with Crippen LogP contribution < -0.4 is 15.4 Å². The van der Waals surface area contributed by atoms with Crippen molar-refractivity contribution < 1.29 is 29.0 Å². The highest BCUT2D eigenvalue weighted by Crippen LogP contribution is 2.29. The first kappa shape index (κ1) is 15.8. The van der Waals surface area contributed by atoms with Crippen LogP contribution in [-0.2, 0) is 19.1 Å². The van der Waals surface area contributed by atoms with Gasteiger partial charge in [-0.15, -0.1) is 0 Å². The number of benzene rings is 1. The largest absolute Gasteiger partial charge is 0.478 e. The van der Waals surface area contributed by atoms with Crippen molar-refractivity contribution in [2.45, 2.75) is 18.6 Å². The van der Waals surface area contributed by atoms with Gasteiger partial charge >= 0.3 is 5.97 Å². The molecule has 2 amide bonds. The molecular weight excluding hydrogens is 292 g/mol. The number of aliphatic hydroxyl groups excluding tert-OH is 1. The lowest BCUT2D eigenvalue weighted by Gasteiger charge is -2.25. The van der Waals surface area contributed by atoms with E-state index < -0.39 is 36.5 Å². The number of ether oxygens (including phenoxy) is 2. The van der Waals surface area contributed by atoms with Crippen LogP contribution >= 0.6 is 0 Å². The number of hydrogen-bond acceptors (Lipinski definition) is 6. The van der Waals surface area contributed by atoms with Gasteiger partial charge in [0.05, 0.1) is 25.8 Å². The molecule has 1 aromatic carbocycles.